The van der Waals surface area contributed by atoms with Crippen molar-refractivity contribution in [2.24, 2.45) is 0 Å². The zero-order valence-electron chi connectivity index (χ0n) is 17.6. The van der Waals surface area contributed by atoms with Crippen molar-refractivity contribution in [2.45, 2.75) is 11.3 Å². The second-order valence-electron chi connectivity index (χ2n) is 7.64. The number of halogens is 1. The topological polar surface area (TPSA) is 75.7 Å². The number of anilines is 2. The van der Waals surface area contributed by atoms with Crippen LogP contribution >= 0.6 is 11.6 Å². The lowest BCUT2D eigenvalue weighted by Gasteiger charge is -2.20. The molecule has 3 aromatic carbocycles. The molecular formula is C25H19ClN2O4S. The number of fused-ring (bicyclic) bond motifs is 2. The van der Waals surface area contributed by atoms with E-state index in [-0.39, 0.29) is 22.3 Å². The van der Waals surface area contributed by atoms with Crippen molar-refractivity contribution in [3.05, 3.63) is 94.1 Å². The van der Waals surface area contributed by atoms with Crippen LogP contribution in [0.3, 0.4) is 0 Å². The molecule has 0 fully saturated rings. The minimum atomic E-state index is -1.36. The van der Waals surface area contributed by atoms with Crippen LogP contribution in [0, 0.1) is 0 Å². The van der Waals surface area contributed by atoms with Crippen molar-refractivity contribution in [2.75, 3.05) is 23.3 Å². The van der Waals surface area contributed by atoms with Gasteiger partial charge < -0.3 is 10.1 Å². The summed E-state index contributed by atoms with van der Waals surface area (Å²) in [6.07, 6.45) is 0.704. The molecule has 0 saturated carbocycles. The molecule has 1 unspecified atom stereocenters. The maximum atomic E-state index is 13.1. The van der Waals surface area contributed by atoms with Crippen LogP contribution in [0.4, 0.5) is 11.4 Å². The van der Waals surface area contributed by atoms with Gasteiger partial charge in [0.05, 0.1) is 17.7 Å². The van der Waals surface area contributed by atoms with Gasteiger partial charge in [-0.05, 0) is 54.4 Å². The van der Waals surface area contributed by atoms with Gasteiger partial charge in [0.25, 0.3) is 0 Å². The number of methoxy groups -OCH3 is 1. The molecular weight excluding hydrogens is 460 g/mol. The molecule has 0 spiro atoms. The summed E-state index contributed by atoms with van der Waals surface area (Å²) in [5.41, 5.74) is 3.21. The second kappa shape index (κ2) is 8.50. The number of rotatable bonds is 5. The SMILES string of the molecule is COc1ccc(S(=O)N2CCc3cc(NC4=C(Cl)C(=O)c5ccccc5C4=O)ccc32)cc1. The van der Waals surface area contributed by atoms with E-state index in [9.17, 15) is 13.8 Å². The van der Waals surface area contributed by atoms with E-state index in [4.69, 9.17) is 16.3 Å². The molecule has 0 saturated heterocycles. The third kappa shape index (κ3) is 3.73. The Morgan fingerprint density at radius 2 is 1.67 bits per heavy atom. The summed E-state index contributed by atoms with van der Waals surface area (Å²) in [5.74, 6) is 0.00847. The number of carbonyl (C=O) groups excluding carboxylic acids is 2. The highest BCUT2D eigenvalue weighted by Gasteiger charge is 2.32. The number of hydrogen-bond acceptors (Lipinski definition) is 5. The van der Waals surface area contributed by atoms with Crippen LogP contribution in [0.15, 0.2) is 82.4 Å². The number of ether oxygens (including phenoxy) is 1. The monoisotopic (exact) mass is 478 g/mol. The molecule has 2 aliphatic rings. The van der Waals surface area contributed by atoms with Gasteiger partial charge in [-0.1, -0.05) is 35.9 Å². The largest absolute Gasteiger partial charge is 0.497 e. The molecule has 0 bridgehead atoms. The summed E-state index contributed by atoms with van der Waals surface area (Å²) >= 11 is 6.27. The molecule has 0 amide bonds. The maximum absolute atomic E-state index is 13.1. The fraction of sp³-hybridized carbons (Fsp3) is 0.120. The van der Waals surface area contributed by atoms with Gasteiger partial charge in [-0.25, -0.2) is 4.21 Å². The highest BCUT2D eigenvalue weighted by molar-refractivity contribution is 7.86. The van der Waals surface area contributed by atoms with E-state index in [0.717, 1.165) is 11.3 Å². The Labute approximate surface area is 198 Å². The van der Waals surface area contributed by atoms with Gasteiger partial charge in [0.2, 0.25) is 11.6 Å². The second-order valence-corrected chi connectivity index (χ2v) is 9.43. The van der Waals surface area contributed by atoms with E-state index in [1.54, 1.807) is 61.7 Å². The van der Waals surface area contributed by atoms with Gasteiger partial charge in [0.1, 0.15) is 16.5 Å². The van der Waals surface area contributed by atoms with E-state index in [0.29, 0.717) is 40.4 Å². The molecule has 1 atom stereocenters. The Bertz CT molecular complexity index is 1350. The number of nitrogens with zero attached hydrogens (tertiary/aromatic N) is 1. The van der Waals surface area contributed by atoms with Gasteiger partial charge in [0, 0.05) is 23.4 Å². The predicted octanol–water partition coefficient (Wildman–Crippen LogP) is 4.72. The van der Waals surface area contributed by atoms with Crippen LogP contribution in [0.25, 0.3) is 0 Å². The van der Waals surface area contributed by atoms with E-state index < -0.39 is 11.0 Å². The first-order valence-corrected chi connectivity index (χ1v) is 11.8. The Morgan fingerprint density at radius 1 is 0.970 bits per heavy atom. The van der Waals surface area contributed by atoms with Gasteiger partial charge >= 0.3 is 0 Å². The normalized spacial score (nSPS) is 15.9. The molecule has 0 aromatic heterocycles. The van der Waals surface area contributed by atoms with Crippen molar-refractivity contribution in [3.8, 4) is 5.75 Å². The molecule has 0 radical (unpaired) electrons. The molecule has 1 aliphatic heterocycles. The van der Waals surface area contributed by atoms with Gasteiger partial charge in [0.15, 0.2) is 11.0 Å². The molecule has 1 N–H and O–H groups in total. The van der Waals surface area contributed by atoms with E-state index in [1.807, 2.05) is 16.4 Å². The summed E-state index contributed by atoms with van der Waals surface area (Å²) in [7, 11) is 0.234. The van der Waals surface area contributed by atoms with Crippen molar-refractivity contribution < 1.29 is 18.5 Å². The van der Waals surface area contributed by atoms with Crippen molar-refractivity contribution >= 4 is 45.5 Å². The number of nitrogens with one attached hydrogen (secondary N) is 1. The Hall–Kier alpha value is -3.42. The summed E-state index contributed by atoms with van der Waals surface area (Å²) in [6.45, 7) is 0.603. The third-order valence-corrected chi connectivity index (χ3v) is 7.54. The highest BCUT2D eigenvalue weighted by Crippen LogP contribution is 2.35. The summed E-state index contributed by atoms with van der Waals surface area (Å²) in [4.78, 5) is 26.2. The molecule has 3 aromatic rings. The molecule has 8 heteroatoms. The zero-order valence-corrected chi connectivity index (χ0v) is 19.2. The fourth-order valence-corrected chi connectivity index (χ4v) is 5.51. The van der Waals surface area contributed by atoms with Crippen LogP contribution < -0.4 is 14.4 Å². The lowest BCUT2D eigenvalue weighted by atomic mass is 9.92. The Morgan fingerprint density at radius 3 is 2.36 bits per heavy atom. The lowest BCUT2D eigenvalue weighted by Crippen LogP contribution is -2.24. The van der Waals surface area contributed by atoms with Crippen LogP contribution in [-0.2, 0) is 17.4 Å². The molecule has 6 nitrogen and oxygen atoms in total. The first-order chi connectivity index (χ1) is 16.0. The smallest absolute Gasteiger partial charge is 0.211 e. The Balaban J connectivity index is 1.40. The fourth-order valence-electron chi connectivity index (χ4n) is 4.04. The molecule has 1 heterocycles. The first-order valence-electron chi connectivity index (χ1n) is 10.3. The first kappa shape index (κ1) is 21.4. The van der Waals surface area contributed by atoms with Gasteiger partial charge in [-0.2, -0.15) is 0 Å². The number of benzene rings is 3. The number of allylic oxidation sites excluding steroid dienone is 2. The average molecular weight is 479 g/mol. The van der Waals surface area contributed by atoms with Crippen LogP contribution in [0.2, 0.25) is 0 Å². The molecule has 33 heavy (non-hydrogen) atoms. The quantitative estimate of drug-likeness (QED) is 0.574. The standard InChI is InChI=1S/C25H19ClN2O4S/c1-32-17-7-9-18(10-8-17)33(31)28-13-12-15-14-16(6-11-21(15)28)27-23-22(26)24(29)19-4-2-3-5-20(19)25(23)30/h2-11,14,27H,12-13H2,1H3. The van der Waals surface area contributed by atoms with E-state index in [1.165, 1.54) is 0 Å². The third-order valence-electron chi connectivity index (χ3n) is 5.73. The summed E-state index contributed by atoms with van der Waals surface area (Å²) in [5, 5.41) is 2.92. The summed E-state index contributed by atoms with van der Waals surface area (Å²) < 4.78 is 20.1. The number of ketones is 2. The molecule has 5 rings (SSSR count). The van der Waals surface area contributed by atoms with Crippen molar-refractivity contribution in [1.82, 2.24) is 0 Å². The van der Waals surface area contributed by atoms with Crippen LogP contribution in [-0.4, -0.2) is 29.4 Å². The van der Waals surface area contributed by atoms with Gasteiger partial charge in [-0.3, -0.25) is 13.9 Å². The van der Waals surface area contributed by atoms with E-state index in [2.05, 4.69) is 5.32 Å². The van der Waals surface area contributed by atoms with Crippen LogP contribution in [0.5, 0.6) is 5.75 Å². The number of carbonyl (C=O) groups is 2. The zero-order chi connectivity index (χ0) is 23.1. The molecule has 166 valence electrons. The van der Waals surface area contributed by atoms with Gasteiger partial charge in [-0.15, -0.1) is 0 Å². The van der Waals surface area contributed by atoms with Crippen LogP contribution in [0.1, 0.15) is 26.3 Å². The number of hydrogen-bond donors (Lipinski definition) is 1. The number of Topliss-reactive ketones (excluding diaryl/α,β-unsaturated/α-hetero) is 2. The molecule has 1 aliphatic carbocycles. The maximum Gasteiger partial charge on any atom is 0.211 e. The Kier molecular flexibility index (Phi) is 5.52. The minimum Gasteiger partial charge on any atom is -0.497 e. The minimum absolute atomic E-state index is 0.0666. The summed E-state index contributed by atoms with van der Waals surface area (Å²) in [6, 6.07) is 19.4. The van der Waals surface area contributed by atoms with Crippen molar-refractivity contribution in [1.29, 1.82) is 0 Å². The van der Waals surface area contributed by atoms with E-state index >= 15 is 0 Å². The lowest BCUT2D eigenvalue weighted by molar-refractivity contribution is 0.0982. The highest BCUT2D eigenvalue weighted by atomic mass is 35.5. The predicted molar refractivity (Wildman–Crippen MR) is 128 cm³/mol. The van der Waals surface area contributed by atoms with Crippen molar-refractivity contribution in [3.63, 3.8) is 0 Å². The average Bonchev–Trinajstić information content (AvgIpc) is 3.28.